The third-order valence-electron chi connectivity index (χ3n) is 1.08. The van der Waals surface area contributed by atoms with E-state index in [1.807, 2.05) is 0 Å². The van der Waals surface area contributed by atoms with Gasteiger partial charge in [-0.1, -0.05) is 0 Å². The standard InChI is InChI=1S/C6H11NO2.K.H/c1-4-7(5(2)8)6(3)9;;/h4H2,1-3H3;;. The van der Waals surface area contributed by atoms with Gasteiger partial charge in [-0.3, -0.25) is 14.5 Å². The van der Waals surface area contributed by atoms with E-state index in [1.165, 1.54) is 18.7 Å². The quantitative estimate of drug-likeness (QED) is 0.508. The van der Waals surface area contributed by atoms with Crippen molar-refractivity contribution < 1.29 is 9.59 Å². The van der Waals surface area contributed by atoms with Gasteiger partial charge < -0.3 is 0 Å². The molecule has 0 aliphatic heterocycles. The van der Waals surface area contributed by atoms with Crippen LogP contribution in [-0.2, 0) is 9.59 Å². The number of imide groups is 1. The van der Waals surface area contributed by atoms with Crippen molar-refractivity contribution in [1.82, 2.24) is 4.90 Å². The van der Waals surface area contributed by atoms with Gasteiger partial charge in [0.1, 0.15) is 0 Å². The summed E-state index contributed by atoms with van der Waals surface area (Å²) in [6.45, 7) is 4.99. The average molecular weight is 169 g/mol. The Hall–Kier alpha value is 0.776. The second kappa shape index (κ2) is 6.48. The third-order valence-corrected chi connectivity index (χ3v) is 1.08. The Kier molecular flexibility index (Phi) is 8.67. The summed E-state index contributed by atoms with van der Waals surface area (Å²) in [5.74, 6) is -0.380. The summed E-state index contributed by atoms with van der Waals surface area (Å²) in [4.78, 5) is 22.2. The second-order valence-electron chi connectivity index (χ2n) is 1.78. The molecule has 0 atom stereocenters. The first-order valence-corrected chi connectivity index (χ1v) is 2.88. The van der Waals surface area contributed by atoms with Crippen molar-refractivity contribution in [2.45, 2.75) is 20.8 Å². The Bertz CT molecular complexity index is 122. The van der Waals surface area contributed by atoms with Gasteiger partial charge in [-0.05, 0) is 6.92 Å². The third kappa shape index (κ3) is 4.57. The molecule has 0 heterocycles. The van der Waals surface area contributed by atoms with E-state index in [4.69, 9.17) is 0 Å². The Labute approximate surface area is 104 Å². The number of amides is 2. The number of rotatable bonds is 1. The fraction of sp³-hybridized carbons (Fsp3) is 0.667. The monoisotopic (exact) mass is 169 g/mol. The van der Waals surface area contributed by atoms with E-state index in [2.05, 4.69) is 0 Å². The van der Waals surface area contributed by atoms with Gasteiger partial charge in [-0.2, -0.15) is 0 Å². The molecule has 0 N–H and O–H groups in total. The predicted octanol–water partition coefficient (Wildman–Crippen LogP) is -0.247. The van der Waals surface area contributed by atoms with Crippen molar-refractivity contribution >= 4 is 63.2 Å². The molecule has 2 amide bonds. The summed E-state index contributed by atoms with van der Waals surface area (Å²) in [7, 11) is 0. The first-order valence-electron chi connectivity index (χ1n) is 2.88. The maximum atomic E-state index is 10.5. The average Bonchev–Trinajstić information content (AvgIpc) is 1.64. The molecule has 3 nitrogen and oxygen atoms in total. The zero-order chi connectivity index (χ0) is 7.44. The molecule has 0 saturated carbocycles. The van der Waals surface area contributed by atoms with E-state index in [9.17, 15) is 9.59 Å². The Morgan fingerprint density at radius 3 is 1.50 bits per heavy atom. The summed E-state index contributed by atoms with van der Waals surface area (Å²) in [5.41, 5.74) is 0. The molecule has 0 rings (SSSR count). The number of carbonyl (C=O) groups is 2. The SMILES string of the molecule is CCN(C(C)=O)C(C)=O.[KH]. The van der Waals surface area contributed by atoms with Crippen LogP contribution in [0.15, 0.2) is 0 Å². The molecule has 0 aromatic carbocycles. The predicted molar refractivity (Wildman–Crippen MR) is 40.9 cm³/mol. The van der Waals surface area contributed by atoms with Crippen molar-refractivity contribution in [2.24, 2.45) is 0 Å². The van der Waals surface area contributed by atoms with Crippen LogP contribution >= 0.6 is 0 Å². The molecule has 0 aromatic rings. The zero-order valence-corrected chi connectivity index (χ0v) is 5.97. The van der Waals surface area contributed by atoms with Gasteiger partial charge in [0.15, 0.2) is 0 Å². The summed E-state index contributed by atoms with van der Waals surface area (Å²) in [5, 5.41) is 0. The molecule has 0 unspecified atom stereocenters. The van der Waals surface area contributed by atoms with E-state index in [0.29, 0.717) is 6.54 Å². The molecule has 54 valence electrons. The molecule has 0 aliphatic rings. The van der Waals surface area contributed by atoms with Gasteiger partial charge in [0.2, 0.25) is 11.8 Å². The van der Waals surface area contributed by atoms with Gasteiger partial charge in [0.25, 0.3) is 0 Å². The summed E-state index contributed by atoms with van der Waals surface area (Å²) in [6.07, 6.45) is 0. The number of nitrogens with zero attached hydrogens (tertiary/aromatic N) is 1. The number of hydrogen-bond donors (Lipinski definition) is 0. The first kappa shape index (κ1) is 13.4. The zero-order valence-electron chi connectivity index (χ0n) is 5.97. The van der Waals surface area contributed by atoms with Crippen molar-refractivity contribution in [3.8, 4) is 0 Å². The van der Waals surface area contributed by atoms with Crippen LogP contribution in [0.2, 0.25) is 0 Å². The van der Waals surface area contributed by atoms with Crippen molar-refractivity contribution in [3.63, 3.8) is 0 Å². The molecule has 0 spiro atoms. The second-order valence-corrected chi connectivity index (χ2v) is 1.78. The minimum atomic E-state index is -0.190. The topological polar surface area (TPSA) is 37.4 Å². The van der Waals surface area contributed by atoms with Crippen molar-refractivity contribution in [3.05, 3.63) is 0 Å². The van der Waals surface area contributed by atoms with E-state index in [-0.39, 0.29) is 63.2 Å². The van der Waals surface area contributed by atoms with Crippen LogP contribution in [0.4, 0.5) is 0 Å². The molecule has 0 aromatic heterocycles. The van der Waals surface area contributed by atoms with Crippen LogP contribution in [0, 0.1) is 0 Å². The van der Waals surface area contributed by atoms with E-state index >= 15 is 0 Å². The van der Waals surface area contributed by atoms with Crippen molar-refractivity contribution in [1.29, 1.82) is 0 Å². The fourth-order valence-electron chi connectivity index (χ4n) is 0.667. The van der Waals surface area contributed by atoms with Gasteiger partial charge in [-0.15, -0.1) is 0 Å². The molecular formula is C6H12KNO2. The van der Waals surface area contributed by atoms with Gasteiger partial charge >= 0.3 is 51.4 Å². The number of hydrogen-bond acceptors (Lipinski definition) is 2. The Morgan fingerprint density at radius 1 is 1.20 bits per heavy atom. The van der Waals surface area contributed by atoms with Crippen LogP contribution < -0.4 is 0 Å². The van der Waals surface area contributed by atoms with E-state index in [0.717, 1.165) is 0 Å². The molecule has 0 saturated heterocycles. The molecule has 0 bridgehead atoms. The minimum absolute atomic E-state index is 0. The Morgan fingerprint density at radius 2 is 1.50 bits per heavy atom. The number of carbonyl (C=O) groups excluding carboxylic acids is 2. The van der Waals surface area contributed by atoms with Crippen LogP contribution in [0.5, 0.6) is 0 Å². The van der Waals surface area contributed by atoms with Gasteiger partial charge in [0, 0.05) is 20.4 Å². The molecule has 0 aliphatic carbocycles. The molecular weight excluding hydrogens is 157 g/mol. The normalized spacial score (nSPS) is 7.90. The molecule has 0 radical (unpaired) electrons. The van der Waals surface area contributed by atoms with Crippen LogP contribution in [0.1, 0.15) is 20.8 Å². The van der Waals surface area contributed by atoms with Gasteiger partial charge in [0.05, 0.1) is 0 Å². The molecule has 0 fully saturated rings. The van der Waals surface area contributed by atoms with E-state index < -0.39 is 0 Å². The van der Waals surface area contributed by atoms with Gasteiger partial charge in [-0.25, -0.2) is 0 Å². The first-order chi connectivity index (χ1) is 4.09. The van der Waals surface area contributed by atoms with E-state index in [1.54, 1.807) is 6.92 Å². The Balaban J connectivity index is 0. The summed E-state index contributed by atoms with van der Waals surface area (Å²) in [6, 6.07) is 0. The maximum absolute atomic E-state index is 10.5. The molecule has 10 heavy (non-hydrogen) atoms. The van der Waals surface area contributed by atoms with Crippen LogP contribution in [0.3, 0.4) is 0 Å². The molecule has 4 heteroatoms. The summed E-state index contributed by atoms with van der Waals surface area (Å²) >= 11 is 0. The van der Waals surface area contributed by atoms with Crippen LogP contribution in [-0.4, -0.2) is 74.6 Å². The van der Waals surface area contributed by atoms with Crippen molar-refractivity contribution in [2.75, 3.05) is 6.54 Å². The fourth-order valence-corrected chi connectivity index (χ4v) is 0.667. The summed E-state index contributed by atoms with van der Waals surface area (Å²) < 4.78 is 0. The van der Waals surface area contributed by atoms with Crippen LogP contribution in [0.25, 0.3) is 0 Å².